The Morgan fingerprint density at radius 3 is 2.03 bits per heavy atom. The van der Waals surface area contributed by atoms with Gasteiger partial charge in [-0.25, -0.2) is 0 Å². The van der Waals surface area contributed by atoms with Crippen LogP contribution in [0.2, 0.25) is 0 Å². The molecular weight excluding hydrogens is 430 g/mol. The van der Waals surface area contributed by atoms with Crippen LogP contribution < -0.4 is 16.0 Å². The van der Waals surface area contributed by atoms with Crippen LogP contribution in [0.3, 0.4) is 0 Å². The highest BCUT2D eigenvalue weighted by atomic mass is 79.9. The van der Waals surface area contributed by atoms with Crippen molar-refractivity contribution >= 4 is 44.8 Å². The Morgan fingerprint density at radius 2 is 1.41 bits per heavy atom. The largest absolute Gasteiger partial charge is 0.356 e. The Bertz CT molecular complexity index is 958. The summed E-state index contributed by atoms with van der Waals surface area (Å²) in [5.41, 5.74) is 3.50. The van der Waals surface area contributed by atoms with E-state index in [0.717, 1.165) is 21.4 Å². The van der Waals surface area contributed by atoms with Gasteiger partial charge >= 0.3 is 0 Å². The van der Waals surface area contributed by atoms with Gasteiger partial charge in [-0.15, -0.1) is 0 Å². The van der Waals surface area contributed by atoms with E-state index in [4.69, 9.17) is 0 Å². The van der Waals surface area contributed by atoms with Gasteiger partial charge in [0.2, 0.25) is 11.8 Å². The number of anilines is 3. The van der Waals surface area contributed by atoms with Crippen LogP contribution in [0.4, 0.5) is 17.1 Å². The Labute approximate surface area is 178 Å². The van der Waals surface area contributed by atoms with Crippen molar-refractivity contribution in [3.63, 3.8) is 0 Å². The van der Waals surface area contributed by atoms with Gasteiger partial charge in [0.1, 0.15) is 0 Å². The van der Waals surface area contributed by atoms with Crippen molar-refractivity contribution in [2.75, 3.05) is 10.6 Å². The van der Waals surface area contributed by atoms with Crippen molar-refractivity contribution in [1.29, 1.82) is 0 Å². The van der Waals surface area contributed by atoms with Crippen LogP contribution >= 0.6 is 15.9 Å². The predicted octanol–water partition coefficient (Wildman–Crippen LogP) is 5.40. The highest BCUT2D eigenvalue weighted by Gasteiger charge is 2.17. The molecule has 3 rings (SSSR count). The smallest absolute Gasteiger partial charge is 0.226 e. The highest BCUT2D eigenvalue weighted by Crippen LogP contribution is 2.22. The third-order valence-electron chi connectivity index (χ3n) is 4.27. The first-order valence-electron chi connectivity index (χ1n) is 9.24. The monoisotopic (exact) mass is 451 g/mol. The molecule has 0 aliphatic heterocycles. The van der Waals surface area contributed by atoms with Crippen LogP contribution in [0.15, 0.2) is 83.3 Å². The van der Waals surface area contributed by atoms with Gasteiger partial charge in [-0.3, -0.25) is 9.59 Å². The molecule has 29 heavy (non-hydrogen) atoms. The molecule has 0 aliphatic carbocycles. The van der Waals surface area contributed by atoms with Crippen LogP contribution in [0.1, 0.15) is 24.9 Å². The lowest BCUT2D eigenvalue weighted by atomic mass is 10.0. The van der Waals surface area contributed by atoms with Crippen molar-refractivity contribution in [2.24, 2.45) is 0 Å². The van der Waals surface area contributed by atoms with Gasteiger partial charge in [0.25, 0.3) is 0 Å². The minimum atomic E-state index is -0.389. The fourth-order valence-corrected chi connectivity index (χ4v) is 3.18. The standard InChI is InChI=1S/C23H22BrN3O2/c1-16(28)25-22(17-7-9-18(24)10-8-17)15-23(29)27-21-13-11-20(12-14-21)26-19-5-3-2-4-6-19/h2-14,22,26H,15H2,1H3,(H,25,28)(H,27,29). The molecule has 6 heteroatoms. The molecule has 0 saturated heterocycles. The number of carbonyl (C=O) groups excluding carboxylic acids is 2. The van der Waals surface area contributed by atoms with E-state index in [1.165, 1.54) is 6.92 Å². The van der Waals surface area contributed by atoms with E-state index in [9.17, 15) is 9.59 Å². The first-order valence-corrected chi connectivity index (χ1v) is 10.0. The second kappa shape index (κ2) is 9.89. The zero-order valence-electron chi connectivity index (χ0n) is 16.0. The molecule has 3 N–H and O–H groups in total. The first-order chi connectivity index (χ1) is 14.0. The lowest BCUT2D eigenvalue weighted by Crippen LogP contribution is -2.29. The highest BCUT2D eigenvalue weighted by molar-refractivity contribution is 9.10. The first kappa shape index (κ1) is 20.6. The molecular formula is C23H22BrN3O2. The summed E-state index contributed by atoms with van der Waals surface area (Å²) in [5, 5.41) is 9.03. The number of rotatable bonds is 7. The van der Waals surface area contributed by atoms with Crippen LogP contribution in [-0.2, 0) is 9.59 Å². The maximum absolute atomic E-state index is 12.5. The summed E-state index contributed by atoms with van der Waals surface area (Å²) >= 11 is 3.40. The zero-order valence-corrected chi connectivity index (χ0v) is 17.6. The minimum absolute atomic E-state index is 0.144. The number of carbonyl (C=O) groups is 2. The molecule has 2 amide bonds. The summed E-state index contributed by atoms with van der Waals surface area (Å²) in [4.78, 5) is 24.1. The van der Waals surface area contributed by atoms with E-state index >= 15 is 0 Å². The van der Waals surface area contributed by atoms with Gasteiger partial charge in [-0.2, -0.15) is 0 Å². The summed E-state index contributed by atoms with van der Waals surface area (Å²) in [6.07, 6.45) is 0.144. The number of amides is 2. The average molecular weight is 452 g/mol. The van der Waals surface area contributed by atoms with Crippen LogP contribution in [0.25, 0.3) is 0 Å². The third kappa shape index (κ3) is 6.47. The van der Waals surface area contributed by atoms with E-state index in [2.05, 4.69) is 31.9 Å². The van der Waals surface area contributed by atoms with Gasteiger partial charge in [0.15, 0.2) is 0 Å². The minimum Gasteiger partial charge on any atom is -0.356 e. The number of para-hydroxylation sites is 1. The SMILES string of the molecule is CC(=O)NC(CC(=O)Nc1ccc(Nc2ccccc2)cc1)c1ccc(Br)cc1. The van der Waals surface area contributed by atoms with E-state index in [0.29, 0.717) is 5.69 Å². The molecule has 3 aromatic rings. The number of benzene rings is 3. The van der Waals surface area contributed by atoms with Gasteiger partial charge in [0.05, 0.1) is 12.5 Å². The van der Waals surface area contributed by atoms with Gasteiger partial charge in [0, 0.05) is 28.5 Å². The Hall–Kier alpha value is -3.12. The molecule has 1 atom stereocenters. The third-order valence-corrected chi connectivity index (χ3v) is 4.80. The molecule has 0 bridgehead atoms. The Morgan fingerprint density at radius 1 is 0.828 bits per heavy atom. The maximum atomic E-state index is 12.5. The summed E-state index contributed by atoms with van der Waals surface area (Å²) in [7, 11) is 0. The molecule has 0 heterocycles. The van der Waals surface area contributed by atoms with Gasteiger partial charge < -0.3 is 16.0 Å². The molecule has 5 nitrogen and oxygen atoms in total. The predicted molar refractivity (Wildman–Crippen MR) is 120 cm³/mol. The Kier molecular flexibility index (Phi) is 7.03. The van der Waals surface area contributed by atoms with Crippen LogP contribution in [0.5, 0.6) is 0 Å². The molecule has 1 unspecified atom stereocenters. The maximum Gasteiger partial charge on any atom is 0.226 e. The molecule has 0 radical (unpaired) electrons. The second-order valence-electron chi connectivity index (χ2n) is 6.63. The van der Waals surface area contributed by atoms with Crippen molar-refractivity contribution in [1.82, 2.24) is 5.32 Å². The molecule has 0 fully saturated rings. The van der Waals surface area contributed by atoms with Gasteiger partial charge in [-0.05, 0) is 54.1 Å². The molecule has 0 saturated carbocycles. The summed E-state index contributed by atoms with van der Waals surface area (Å²) < 4.78 is 0.941. The van der Waals surface area contributed by atoms with Gasteiger partial charge in [-0.1, -0.05) is 46.3 Å². The number of halogens is 1. The van der Waals surface area contributed by atoms with E-state index < -0.39 is 0 Å². The molecule has 3 aromatic carbocycles. The molecule has 0 aliphatic rings. The molecule has 0 aromatic heterocycles. The number of hydrogen-bond acceptors (Lipinski definition) is 3. The normalized spacial score (nSPS) is 11.4. The summed E-state index contributed by atoms with van der Waals surface area (Å²) in [6.45, 7) is 1.45. The average Bonchev–Trinajstić information content (AvgIpc) is 2.70. The van der Waals surface area contributed by atoms with Crippen molar-refractivity contribution < 1.29 is 9.59 Å². The van der Waals surface area contributed by atoms with Crippen LogP contribution in [0, 0.1) is 0 Å². The summed E-state index contributed by atoms with van der Waals surface area (Å²) in [6, 6.07) is 24.5. The number of nitrogens with one attached hydrogen (secondary N) is 3. The number of hydrogen-bond donors (Lipinski definition) is 3. The Balaban J connectivity index is 1.62. The summed E-state index contributed by atoms with van der Waals surface area (Å²) in [5.74, 6) is -0.350. The lowest BCUT2D eigenvalue weighted by Gasteiger charge is -2.18. The van der Waals surface area contributed by atoms with E-state index in [1.807, 2.05) is 78.9 Å². The van der Waals surface area contributed by atoms with Crippen LogP contribution in [-0.4, -0.2) is 11.8 Å². The van der Waals surface area contributed by atoms with E-state index in [-0.39, 0.29) is 24.3 Å². The topological polar surface area (TPSA) is 70.2 Å². The second-order valence-corrected chi connectivity index (χ2v) is 7.54. The molecule has 148 valence electrons. The zero-order chi connectivity index (χ0) is 20.6. The van der Waals surface area contributed by atoms with Crippen molar-refractivity contribution in [2.45, 2.75) is 19.4 Å². The fraction of sp³-hybridized carbons (Fsp3) is 0.130. The quantitative estimate of drug-likeness (QED) is 0.450. The van der Waals surface area contributed by atoms with Crippen molar-refractivity contribution in [3.05, 3.63) is 88.9 Å². The fourth-order valence-electron chi connectivity index (χ4n) is 2.92. The van der Waals surface area contributed by atoms with Crippen molar-refractivity contribution in [3.8, 4) is 0 Å². The van der Waals surface area contributed by atoms with E-state index in [1.54, 1.807) is 0 Å². The lowest BCUT2D eigenvalue weighted by molar-refractivity contribution is -0.120. The molecule has 0 spiro atoms.